The first kappa shape index (κ1) is 22.0. The molecule has 3 amide bonds. The van der Waals surface area contributed by atoms with E-state index in [0.717, 1.165) is 5.56 Å². The molecule has 3 heterocycles. The van der Waals surface area contributed by atoms with Crippen LogP contribution >= 0.6 is 0 Å². The Morgan fingerprint density at radius 3 is 2.21 bits per heavy atom. The summed E-state index contributed by atoms with van der Waals surface area (Å²) in [6, 6.07) is 16.4. The van der Waals surface area contributed by atoms with Crippen LogP contribution in [-0.4, -0.2) is 75.3 Å². The Morgan fingerprint density at radius 2 is 1.56 bits per heavy atom. The highest BCUT2D eigenvalue weighted by Gasteiger charge is 2.35. The lowest BCUT2D eigenvalue weighted by molar-refractivity contribution is -0.133. The van der Waals surface area contributed by atoms with Crippen LogP contribution in [0.25, 0.3) is 11.4 Å². The van der Waals surface area contributed by atoms with Gasteiger partial charge in [-0.15, -0.1) is 0 Å². The van der Waals surface area contributed by atoms with Gasteiger partial charge >= 0.3 is 0 Å². The third-order valence-electron chi connectivity index (χ3n) is 6.47. The van der Waals surface area contributed by atoms with E-state index in [1.807, 2.05) is 37.3 Å². The number of carbonyl (C=O) groups excluding carboxylic acids is 3. The number of hydrogen-bond donors (Lipinski definition) is 0. The molecule has 1 atom stereocenters. The largest absolute Gasteiger partial charge is 0.340 e. The van der Waals surface area contributed by atoms with Gasteiger partial charge in [0.25, 0.3) is 11.8 Å². The highest BCUT2D eigenvalue weighted by molar-refractivity contribution is 6.21. The van der Waals surface area contributed by atoms with Gasteiger partial charge in [0.1, 0.15) is 0 Å². The lowest BCUT2D eigenvalue weighted by Gasteiger charge is -2.37. The minimum absolute atomic E-state index is 0.0620. The number of nitrogens with zero attached hydrogens (tertiary/aromatic N) is 5. The first-order valence-electron chi connectivity index (χ1n) is 11.4. The van der Waals surface area contributed by atoms with E-state index >= 15 is 0 Å². The summed E-state index contributed by atoms with van der Waals surface area (Å²) in [7, 11) is 0. The Hall–Kier alpha value is -3.85. The van der Waals surface area contributed by atoms with Crippen molar-refractivity contribution in [2.75, 3.05) is 32.7 Å². The van der Waals surface area contributed by atoms with Crippen molar-refractivity contribution in [3.8, 4) is 11.4 Å². The maximum absolute atomic E-state index is 12.8. The molecule has 174 valence electrons. The van der Waals surface area contributed by atoms with Gasteiger partial charge in [0.05, 0.1) is 17.2 Å². The van der Waals surface area contributed by atoms with Crippen molar-refractivity contribution in [1.29, 1.82) is 0 Å². The average molecular weight is 460 g/mol. The van der Waals surface area contributed by atoms with Crippen LogP contribution < -0.4 is 0 Å². The van der Waals surface area contributed by atoms with Crippen LogP contribution in [0.2, 0.25) is 0 Å². The van der Waals surface area contributed by atoms with Crippen LogP contribution in [0, 0.1) is 0 Å². The molecule has 0 saturated carbocycles. The summed E-state index contributed by atoms with van der Waals surface area (Å²) in [6.45, 7) is 4.57. The first-order valence-corrected chi connectivity index (χ1v) is 11.4. The van der Waals surface area contributed by atoms with Crippen LogP contribution in [0.3, 0.4) is 0 Å². The zero-order chi connectivity index (χ0) is 23.7. The summed E-state index contributed by atoms with van der Waals surface area (Å²) in [5.74, 6) is 0.379. The number of imide groups is 1. The molecular weight excluding hydrogens is 434 g/mol. The smallest absolute Gasteiger partial charge is 0.261 e. The van der Waals surface area contributed by atoms with Gasteiger partial charge in [0.15, 0.2) is 0 Å². The third kappa shape index (κ3) is 4.10. The van der Waals surface area contributed by atoms with Crippen LogP contribution in [0.1, 0.15) is 46.0 Å². The Balaban J connectivity index is 1.13. The van der Waals surface area contributed by atoms with Gasteiger partial charge in [-0.3, -0.25) is 24.2 Å². The molecule has 2 aliphatic rings. The summed E-state index contributed by atoms with van der Waals surface area (Å²) >= 11 is 0. The van der Waals surface area contributed by atoms with Gasteiger partial charge in [0, 0.05) is 44.7 Å². The van der Waals surface area contributed by atoms with E-state index in [1.165, 1.54) is 4.90 Å². The number of benzene rings is 2. The number of rotatable bonds is 6. The topological polar surface area (TPSA) is 99.8 Å². The number of amides is 3. The summed E-state index contributed by atoms with van der Waals surface area (Å²) in [5.41, 5.74) is 1.70. The molecule has 2 aromatic carbocycles. The van der Waals surface area contributed by atoms with Gasteiger partial charge in [-0.2, -0.15) is 4.98 Å². The number of carbonyl (C=O) groups is 3. The molecule has 9 nitrogen and oxygen atoms in total. The number of fused-ring (bicyclic) bond motifs is 1. The van der Waals surface area contributed by atoms with Crippen molar-refractivity contribution in [2.24, 2.45) is 0 Å². The number of hydrogen-bond acceptors (Lipinski definition) is 7. The summed E-state index contributed by atoms with van der Waals surface area (Å²) in [5, 5.41) is 4.10. The first-order chi connectivity index (χ1) is 16.5. The molecule has 1 saturated heterocycles. The molecule has 9 heteroatoms. The van der Waals surface area contributed by atoms with Crippen LogP contribution in [-0.2, 0) is 4.79 Å². The van der Waals surface area contributed by atoms with Gasteiger partial charge in [0.2, 0.25) is 17.6 Å². The summed E-state index contributed by atoms with van der Waals surface area (Å²) in [4.78, 5) is 47.5. The molecule has 0 aliphatic carbocycles. The molecule has 1 fully saturated rings. The normalized spacial score (nSPS) is 17.2. The molecule has 5 rings (SSSR count). The Bertz CT molecular complexity index is 1180. The Labute approximate surface area is 196 Å². The van der Waals surface area contributed by atoms with Crippen molar-refractivity contribution in [3.05, 3.63) is 71.6 Å². The number of piperazine rings is 1. The molecule has 0 spiro atoms. The second-order valence-corrected chi connectivity index (χ2v) is 8.47. The molecule has 0 radical (unpaired) electrons. The van der Waals surface area contributed by atoms with E-state index in [1.54, 1.807) is 29.2 Å². The maximum atomic E-state index is 12.8. The molecule has 1 unspecified atom stereocenters. The van der Waals surface area contributed by atoms with E-state index < -0.39 is 0 Å². The highest BCUT2D eigenvalue weighted by atomic mass is 16.5. The monoisotopic (exact) mass is 459 g/mol. The van der Waals surface area contributed by atoms with E-state index in [2.05, 4.69) is 15.0 Å². The molecule has 3 aromatic rings. The van der Waals surface area contributed by atoms with E-state index in [0.29, 0.717) is 49.0 Å². The van der Waals surface area contributed by atoms with Crippen molar-refractivity contribution in [1.82, 2.24) is 24.8 Å². The average Bonchev–Trinajstić information content (AvgIpc) is 3.47. The number of aromatic nitrogens is 2. The second kappa shape index (κ2) is 9.18. The minimum atomic E-state index is -0.332. The predicted molar refractivity (Wildman–Crippen MR) is 123 cm³/mol. The lowest BCUT2D eigenvalue weighted by Crippen LogP contribution is -2.49. The molecule has 0 bridgehead atoms. The van der Waals surface area contributed by atoms with E-state index in [4.69, 9.17) is 4.52 Å². The molecule has 1 aromatic heterocycles. The van der Waals surface area contributed by atoms with Gasteiger partial charge in [-0.1, -0.05) is 47.6 Å². The van der Waals surface area contributed by atoms with Gasteiger partial charge < -0.3 is 9.42 Å². The maximum Gasteiger partial charge on any atom is 0.261 e. The summed E-state index contributed by atoms with van der Waals surface area (Å²) < 4.78 is 5.50. The minimum Gasteiger partial charge on any atom is -0.340 e. The van der Waals surface area contributed by atoms with E-state index in [9.17, 15) is 14.4 Å². The molecular formula is C25H25N5O4. The highest BCUT2D eigenvalue weighted by Crippen LogP contribution is 2.25. The van der Waals surface area contributed by atoms with Crippen LogP contribution in [0.4, 0.5) is 0 Å². The van der Waals surface area contributed by atoms with Crippen molar-refractivity contribution in [2.45, 2.75) is 19.4 Å². The second-order valence-electron chi connectivity index (χ2n) is 8.47. The van der Waals surface area contributed by atoms with Crippen molar-refractivity contribution >= 4 is 17.7 Å². The Morgan fingerprint density at radius 1 is 0.941 bits per heavy atom. The zero-order valence-corrected chi connectivity index (χ0v) is 18.9. The van der Waals surface area contributed by atoms with Crippen molar-refractivity contribution < 1.29 is 18.9 Å². The fourth-order valence-electron chi connectivity index (χ4n) is 4.43. The fourth-order valence-corrected chi connectivity index (χ4v) is 4.43. The van der Waals surface area contributed by atoms with Crippen LogP contribution in [0.5, 0.6) is 0 Å². The zero-order valence-electron chi connectivity index (χ0n) is 18.9. The SMILES string of the molecule is CC(c1nc(-c2ccccc2)no1)N1CCN(C(=O)CCN2C(=O)c3ccccc3C2=O)CC1. The van der Waals surface area contributed by atoms with Crippen molar-refractivity contribution in [3.63, 3.8) is 0 Å². The van der Waals surface area contributed by atoms with Gasteiger partial charge in [-0.25, -0.2) is 0 Å². The lowest BCUT2D eigenvalue weighted by atomic mass is 10.1. The van der Waals surface area contributed by atoms with Gasteiger partial charge in [-0.05, 0) is 19.1 Å². The van der Waals surface area contributed by atoms with Crippen LogP contribution in [0.15, 0.2) is 59.1 Å². The predicted octanol–water partition coefficient (Wildman–Crippen LogP) is 2.63. The standard InChI is InChI=1S/C25H25N5O4/c1-17(23-26-22(27-34-23)18-7-3-2-4-8-18)28-13-15-29(16-14-28)21(31)11-12-30-24(32)19-9-5-6-10-20(19)25(30)33/h2-10,17H,11-16H2,1H3. The molecule has 0 N–H and O–H groups in total. The third-order valence-corrected chi connectivity index (χ3v) is 6.47. The summed E-state index contributed by atoms with van der Waals surface area (Å²) in [6.07, 6.45) is 0.116. The Kier molecular flexibility index (Phi) is 5.93. The fraction of sp³-hybridized carbons (Fsp3) is 0.320. The molecule has 34 heavy (non-hydrogen) atoms. The molecule has 2 aliphatic heterocycles. The quantitative estimate of drug-likeness (QED) is 0.523. The van der Waals surface area contributed by atoms with E-state index in [-0.39, 0.29) is 36.7 Å².